The molecule has 102 valence electrons. The topological polar surface area (TPSA) is 58.0 Å². The van der Waals surface area contributed by atoms with Crippen LogP contribution in [-0.2, 0) is 6.42 Å². The van der Waals surface area contributed by atoms with Crippen LogP contribution in [0, 0.1) is 11.6 Å². The largest absolute Gasteiger partial charge is 0.391 e. The Bertz CT molecular complexity index is 516. The van der Waals surface area contributed by atoms with E-state index in [-0.39, 0.29) is 12.5 Å². The highest BCUT2D eigenvalue weighted by Gasteiger charge is 2.16. The van der Waals surface area contributed by atoms with Gasteiger partial charge in [-0.1, -0.05) is 11.3 Å². The van der Waals surface area contributed by atoms with Gasteiger partial charge in [0.2, 0.25) is 5.13 Å². The summed E-state index contributed by atoms with van der Waals surface area (Å²) in [5.74, 6) is -1.29. The number of hydrogen-bond acceptors (Lipinski definition) is 5. The molecule has 0 aliphatic rings. The molecule has 2 rings (SSSR count). The minimum absolute atomic E-state index is 0.154. The minimum Gasteiger partial charge on any atom is -0.391 e. The van der Waals surface area contributed by atoms with E-state index < -0.39 is 17.7 Å². The third kappa shape index (κ3) is 3.93. The van der Waals surface area contributed by atoms with Crippen LogP contribution in [0.5, 0.6) is 0 Å². The van der Waals surface area contributed by atoms with Gasteiger partial charge in [0, 0.05) is 12.5 Å². The normalized spacial score (nSPS) is 14.1. The van der Waals surface area contributed by atoms with E-state index in [4.69, 9.17) is 0 Å². The molecule has 19 heavy (non-hydrogen) atoms. The first-order valence-electron chi connectivity index (χ1n) is 5.70. The van der Waals surface area contributed by atoms with Gasteiger partial charge in [0.05, 0.1) is 12.1 Å². The van der Waals surface area contributed by atoms with E-state index in [1.165, 1.54) is 23.5 Å². The fourth-order valence-electron chi connectivity index (χ4n) is 1.67. The van der Waals surface area contributed by atoms with Gasteiger partial charge in [0.1, 0.15) is 17.1 Å². The van der Waals surface area contributed by atoms with Crippen LogP contribution in [0.4, 0.5) is 13.9 Å². The molecule has 2 aromatic rings. The first-order valence-corrected chi connectivity index (χ1v) is 6.58. The molecular weight excluding hydrogens is 272 g/mol. The van der Waals surface area contributed by atoms with Crippen LogP contribution in [0.2, 0.25) is 0 Å². The third-order valence-corrected chi connectivity index (χ3v) is 3.28. The second-order valence-electron chi connectivity index (χ2n) is 4.23. The van der Waals surface area contributed by atoms with Crippen molar-refractivity contribution < 1.29 is 13.9 Å². The van der Waals surface area contributed by atoms with Crippen LogP contribution < -0.4 is 5.32 Å². The smallest absolute Gasteiger partial charge is 0.205 e. The van der Waals surface area contributed by atoms with E-state index >= 15 is 0 Å². The maximum absolute atomic E-state index is 13.0. The predicted molar refractivity (Wildman–Crippen MR) is 69.1 cm³/mol. The SMILES string of the molecule is CC(Nc1nncs1)C(O)Cc1cc(F)cc(F)c1. The molecule has 0 fully saturated rings. The lowest BCUT2D eigenvalue weighted by atomic mass is 10.0. The van der Waals surface area contributed by atoms with E-state index in [0.29, 0.717) is 10.7 Å². The summed E-state index contributed by atoms with van der Waals surface area (Å²) in [7, 11) is 0. The van der Waals surface area contributed by atoms with Crippen LogP contribution in [0.3, 0.4) is 0 Å². The molecule has 2 atom stereocenters. The Balaban J connectivity index is 1.97. The van der Waals surface area contributed by atoms with Gasteiger partial charge in [-0.05, 0) is 24.6 Å². The molecule has 0 aliphatic heterocycles. The average molecular weight is 285 g/mol. The molecule has 0 aliphatic carbocycles. The van der Waals surface area contributed by atoms with Crippen LogP contribution in [0.1, 0.15) is 12.5 Å². The first kappa shape index (κ1) is 13.8. The van der Waals surface area contributed by atoms with Gasteiger partial charge < -0.3 is 10.4 Å². The van der Waals surface area contributed by atoms with E-state index in [9.17, 15) is 13.9 Å². The Morgan fingerprint density at radius 2 is 2.00 bits per heavy atom. The van der Waals surface area contributed by atoms with Crippen molar-refractivity contribution in [3.63, 3.8) is 0 Å². The second kappa shape index (κ2) is 6.03. The number of benzene rings is 1. The van der Waals surface area contributed by atoms with E-state index in [1.54, 1.807) is 12.4 Å². The van der Waals surface area contributed by atoms with E-state index in [1.807, 2.05) is 0 Å². The molecule has 7 heteroatoms. The second-order valence-corrected chi connectivity index (χ2v) is 5.06. The molecule has 0 saturated carbocycles. The molecule has 1 heterocycles. The van der Waals surface area contributed by atoms with Gasteiger partial charge in [-0.15, -0.1) is 10.2 Å². The van der Waals surface area contributed by atoms with Crippen molar-refractivity contribution in [2.75, 3.05) is 5.32 Å². The van der Waals surface area contributed by atoms with Crippen molar-refractivity contribution in [1.82, 2.24) is 10.2 Å². The maximum Gasteiger partial charge on any atom is 0.205 e. The first-order chi connectivity index (χ1) is 9.04. The molecule has 0 spiro atoms. The van der Waals surface area contributed by atoms with Gasteiger partial charge in [-0.25, -0.2) is 8.78 Å². The number of rotatable bonds is 5. The van der Waals surface area contributed by atoms with Gasteiger partial charge in [0.15, 0.2) is 0 Å². The number of hydrogen-bond donors (Lipinski definition) is 2. The predicted octanol–water partition coefficient (Wildman–Crippen LogP) is 2.22. The standard InChI is InChI=1S/C12H13F2N3OS/c1-7(16-12-17-15-6-19-12)11(18)4-8-2-9(13)5-10(14)3-8/h2-3,5-7,11,18H,4H2,1H3,(H,16,17). The molecule has 2 N–H and O–H groups in total. The number of anilines is 1. The van der Waals surface area contributed by atoms with Crippen molar-refractivity contribution in [1.29, 1.82) is 0 Å². The lowest BCUT2D eigenvalue weighted by Gasteiger charge is -2.19. The molecule has 1 aromatic heterocycles. The molecule has 0 bridgehead atoms. The van der Waals surface area contributed by atoms with Gasteiger partial charge in [0.25, 0.3) is 0 Å². The summed E-state index contributed by atoms with van der Waals surface area (Å²) in [6.45, 7) is 1.77. The molecule has 2 unspecified atom stereocenters. The van der Waals surface area contributed by atoms with Crippen molar-refractivity contribution in [2.45, 2.75) is 25.5 Å². The van der Waals surface area contributed by atoms with E-state index in [0.717, 1.165) is 6.07 Å². The molecule has 0 saturated heterocycles. The van der Waals surface area contributed by atoms with Crippen molar-refractivity contribution >= 4 is 16.5 Å². The Labute approximate surface area is 113 Å². The zero-order valence-electron chi connectivity index (χ0n) is 10.2. The van der Waals surface area contributed by atoms with Crippen LogP contribution in [-0.4, -0.2) is 27.4 Å². The molecule has 1 aromatic carbocycles. The number of aliphatic hydroxyl groups is 1. The fourth-order valence-corrected chi connectivity index (χ4v) is 2.22. The Morgan fingerprint density at radius 3 is 2.58 bits per heavy atom. The van der Waals surface area contributed by atoms with Crippen LogP contribution in [0.15, 0.2) is 23.7 Å². The zero-order valence-corrected chi connectivity index (χ0v) is 11.0. The minimum atomic E-state index is -0.787. The number of aromatic nitrogens is 2. The van der Waals surface area contributed by atoms with Gasteiger partial charge in [-0.3, -0.25) is 0 Å². The average Bonchev–Trinajstić information content (AvgIpc) is 2.80. The summed E-state index contributed by atoms with van der Waals surface area (Å²) in [6.07, 6.45) is -0.633. The highest BCUT2D eigenvalue weighted by atomic mass is 32.1. The summed E-state index contributed by atoms with van der Waals surface area (Å²) in [5, 5.41) is 21.0. The van der Waals surface area contributed by atoms with E-state index in [2.05, 4.69) is 15.5 Å². The molecule has 0 radical (unpaired) electrons. The van der Waals surface area contributed by atoms with Crippen LogP contribution >= 0.6 is 11.3 Å². The molecule has 4 nitrogen and oxygen atoms in total. The zero-order chi connectivity index (χ0) is 13.8. The maximum atomic E-state index is 13.0. The van der Waals surface area contributed by atoms with Crippen LogP contribution in [0.25, 0.3) is 0 Å². The monoisotopic (exact) mass is 285 g/mol. The lowest BCUT2D eigenvalue weighted by Crippen LogP contribution is -2.32. The number of halogens is 2. The fraction of sp³-hybridized carbons (Fsp3) is 0.333. The summed E-state index contributed by atoms with van der Waals surface area (Å²) in [5.41, 5.74) is 1.99. The van der Waals surface area contributed by atoms with Crippen molar-refractivity contribution in [3.05, 3.63) is 40.9 Å². The highest BCUT2D eigenvalue weighted by molar-refractivity contribution is 7.13. The van der Waals surface area contributed by atoms with Crippen molar-refractivity contribution in [2.24, 2.45) is 0 Å². The summed E-state index contributed by atoms with van der Waals surface area (Å²) < 4.78 is 26.1. The number of aliphatic hydroxyl groups excluding tert-OH is 1. The molecular formula is C12H13F2N3OS. The summed E-state index contributed by atoms with van der Waals surface area (Å²) in [6, 6.07) is 2.92. The van der Waals surface area contributed by atoms with Gasteiger partial charge >= 0.3 is 0 Å². The Morgan fingerprint density at radius 1 is 1.32 bits per heavy atom. The summed E-state index contributed by atoms with van der Waals surface area (Å²) in [4.78, 5) is 0. The quantitative estimate of drug-likeness (QED) is 0.884. The Kier molecular flexibility index (Phi) is 4.39. The highest BCUT2D eigenvalue weighted by Crippen LogP contribution is 2.15. The number of nitrogens with zero attached hydrogens (tertiary/aromatic N) is 2. The third-order valence-electron chi connectivity index (χ3n) is 2.66. The Hall–Kier alpha value is -1.60. The lowest BCUT2D eigenvalue weighted by molar-refractivity contribution is 0.158. The van der Waals surface area contributed by atoms with Gasteiger partial charge in [-0.2, -0.15) is 0 Å². The number of nitrogens with one attached hydrogen (secondary N) is 1. The van der Waals surface area contributed by atoms with Crippen molar-refractivity contribution in [3.8, 4) is 0 Å². The summed E-state index contributed by atoms with van der Waals surface area (Å²) >= 11 is 1.32. The molecule has 0 amide bonds.